The molecule has 0 radical (unpaired) electrons. The van der Waals surface area contributed by atoms with Gasteiger partial charge in [0.15, 0.2) is 0 Å². The van der Waals surface area contributed by atoms with E-state index in [9.17, 15) is 17.6 Å². The van der Waals surface area contributed by atoms with Gasteiger partial charge < -0.3 is 5.32 Å². The summed E-state index contributed by atoms with van der Waals surface area (Å²) in [6.07, 6.45) is -2.06. The first-order chi connectivity index (χ1) is 7.42. The van der Waals surface area contributed by atoms with Crippen LogP contribution in [0.3, 0.4) is 0 Å². The summed E-state index contributed by atoms with van der Waals surface area (Å²) in [4.78, 5) is 3.95. The van der Waals surface area contributed by atoms with Crippen LogP contribution < -0.4 is 5.32 Å². The van der Waals surface area contributed by atoms with Gasteiger partial charge in [-0.3, -0.25) is 4.98 Å². The molecule has 0 bridgehead atoms. The number of nitrogens with one attached hydrogen (secondary N) is 1. The molecule has 0 atom stereocenters. The molecule has 0 spiro atoms. The van der Waals surface area contributed by atoms with E-state index in [-0.39, 0.29) is 6.54 Å². The number of aryl methyl sites for hydroxylation is 1. The van der Waals surface area contributed by atoms with Gasteiger partial charge in [0, 0.05) is 12.7 Å². The summed E-state index contributed by atoms with van der Waals surface area (Å²) in [5, 5.41) is 2.25. The van der Waals surface area contributed by atoms with Crippen molar-refractivity contribution >= 4 is 0 Å². The molecule has 16 heavy (non-hydrogen) atoms. The maximum absolute atomic E-state index is 12.5. The number of hydrogen-bond acceptors (Lipinski definition) is 2. The maximum Gasteiger partial charge on any atom is 0.319 e. The Morgan fingerprint density at radius 2 is 2.06 bits per heavy atom. The maximum atomic E-state index is 12.5. The zero-order chi connectivity index (χ0) is 12.2. The van der Waals surface area contributed by atoms with Crippen molar-refractivity contribution in [3.05, 3.63) is 29.6 Å². The highest BCUT2D eigenvalue weighted by Gasteiger charge is 2.39. The number of rotatable bonds is 5. The molecule has 0 saturated heterocycles. The third-order valence-corrected chi connectivity index (χ3v) is 1.96. The van der Waals surface area contributed by atoms with Gasteiger partial charge in [0.05, 0.1) is 12.2 Å². The van der Waals surface area contributed by atoms with Crippen LogP contribution in [-0.2, 0) is 6.54 Å². The summed E-state index contributed by atoms with van der Waals surface area (Å²) in [6, 6.07) is 3.43. The number of aromatic nitrogens is 1. The normalized spacial score (nSPS) is 12.1. The molecule has 1 rings (SSSR count). The molecule has 0 aromatic carbocycles. The SMILES string of the molecule is Cc1ccc(CNCC(F)(F)C(F)F)nc1. The van der Waals surface area contributed by atoms with Gasteiger partial charge in [-0.1, -0.05) is 6.07 Å². The molecular weight excluding hydrogens is 224 g/mol. The molecule has 0 fully saturated rings. The van der Waals surface area contributed by atoms with Crippen LogP contribution in [-0.4, -0.2) is 23.9 Å². The predicted molar refractivity (Wildman–Crippen MR) is 51.6 cm³/mol. The van der Waals surface area contributed by atoms with Crippen molar-refractivity contribution in [2.45, 2.75) is 25.8 Å². The average Bonchev–Trinajstić information content (AvgIpc) is 2.20. The van der Waals surface area contributed by atoms with Gasteiger partial charge >= 0.3 is 12.3 Å². The summed E-state index contributed by atoms with van der Waals surface area (Å²) in [5.41, 5.74) is 1.48. The Labute approximate surface area is 90.7 Å². The highest BCUT2D eigenvalue weighted by molar-refractivity contribution is 5.11. The monoisotopic (exact) mass is 236 g/mol. The van der Waals surface area contributed by atoms with Crippen molar-refractivity contribution in [1.29, 1.82) is 0 Å². The minimum atomic E-state index is -4.00. The molecule has 0 saturated carbocycles. The summed E-state index contributed by atoms with van der Waals surface area (Å²) in [5.74, 6) is -4.00. The van der Waals surface area contributed by atoms with E-state index < -0.39 is 18.9 Å². The number of halogens is 4. The van der Waals surface area contributed by atoms with Crippen LogP contribution in [0.15, 0.2) is 18.3 Å². The van der Waals surface area contributed by atoms with Gasteiger partial charge in [0.2, 0.25) is 0 Å². The molecule has 0 aliphatic carbocycles. The van der Waals surface area contributed by atoms with Crippen LogP contribution in [0.4, 0.5) is 17.6 Å². The second-order valence-corrected chi connectivity index (χ2v) is 3.49. The lowest BCUT2D eigenvalue weighted by Crippen LogP contribution is -2.38. The lowest BCUT2D eigenvalue weighted by Gasteiger charge is -2.15. The standard InChI is InChI=1S/C10H12F4N2/c1-7-2-3-8(16-4-7)5-15-6-10(13,14)9(11)12/h2-4,9,15H,5-6H2,1H3. The Morgan fingerprint density at radius 1 is 1.38 bits per heavy atom. The topological polar surface area (TPSA) is 24.9 Å². The Kier molecular flexibility index (Phi) is 4.23. The molecule has 1 aromatic rings. The van der Waals surface area contributed by atoms with Crippen LogP contribution in [0.1, 0.15) is 11.3 Å². The fraction of sp³-hybridized carbons (Fsp3) is 0.500. The summed E-state index contributed by atoms with van der Waals surface area (Å²) >= 11 is 0. The van der Waals surface area contributed by atoms with E-state index in [1.165, 1.54) is 0 Å². The molecule has 90 valence electrons. The van der Waals surface area contributed by atoms with Crippen molar-refractivity contribution < 1.29 is 17.6 Å². The first-order valence-corrected chi connectivity index (χ1v) is 4.70. The zero-order valence-corrected chi connectivity index (χ0v) is 8.68. The Bertz CT molecular complexity index is 324. The number of pyridine rings is 1. The van der Waals surface area contributed by atoms with Gasteiger partial charge in [-0.05, 0) is 18.6 Å². The molecule has 0 aliphatic rings. The minimum Gasteiger partial charge on any atom is -0.305 e. The van der Waals surface area contributed by atoms with Gasteiger partial charge in [0.1, 0.15) is 0 Å². The molecule has 1 aromatic heterocycles. The van der Waals surface area contributed by atoms with E-state index in [4.69, 9.17) is 0 Å². The molecule has 0 aliphatic heterocycles. The fourth-order valence-corrected chi connectivity index (χ4v) is 1.04. The van der Waals surface area contributed by atoms with Crippen LogP contribution in [0, 0.1) is 6.92 Å². The van der Waals surface area contributed by atoms with Gasteiger partial charge in [-0.25, -0.2) is 8.78 Å². The molecule has 0 unspecified atom stereocenters. The molecule has 2 nitrogen and oxygen atoms in total. The van der Waals surface area contributed by atoms with Crippen molar-refractivity contribution in [3.8, 4) is 0 Å². The van der Waals surface area contributed by atoms with E-state index in [0.717, 1.165) is 5.56 Å². The quantitative estimate of drug-likeness (QED) is 0.794. The van der Waals surface area contributed by atoms with Crippen LogP contribution >= 0.6 is 0 Å². The van der Waals surface area contributed by atoms with Gasteiger partial charge in [-0.2, -0.15) is 8.78 Å². The molecule has 6 heteroatoms. The van der Waals surface area contributed by atoms with Crippen LogP contribution in [0.25, 0.3) is 0 Å². The third-order valence-electron chi connectivity index (χ3n) is 1.96. The highest BCUT2D eigenvalue weighted by atomic mass is 19.3. The van der Waals surface area contributed by atoms with Crippen LogP contribution in [0.2, 0.25) is 0 Å². The van der Waals surface area contributed by atoms with E-state index in [1.807, 2.05) is 6.92 Å². The average molecular weight is 236 g/mol. The van der Waals surface area contributed by atoms with E-state index in [2.05, 4.69) is 10.3 Å². The van der Waals surface area contributed by atoms with E-state index in [0.29, 0.717) is 5.69 Å². The van der Waals surface area contributed by atoms with Crippen molar-refractivity contribution in [3.63, 3.8) is 0 Å². The number of nitrogens with zero attached hydrogens (tertiary/aromatic N) is 1. The summed E-state index contributed by atoms with van der Waals surface area (Å²) in [6.45, 7) is 0.831. The number of hydrogen-bond donors (Lipinski definition) is 1. The van der Waals surface area contributed by atoms with Gasteiger partial charge in [-0.15, -0.1) is 0 Å². The lowest BCUT2D eigenvalue weighted by molar-refractivity contribution is -0.125. The first kappa shape index (κ1) is 12.9. The molecule has 1 heterocycles. The Hall–Kier alpha value is -1.17. The lowest BCUT2D eigenvalue weighted by atomic mass is 10.2. The van der Waals surface area contributed by atoms with Crippen molar-refractivity contribution in [2.75, 3.05) is 6.54 Å². The third kappa shape index (κ3) is 3.77. The second-order valence-electron chi connectivity index (χ2n) is 3.49. The zero-order valence-electron chi connectivity index (χ0n) is 8.68. The molecule has 0 amide bonds. The van der Waals surface area contributed by atoms with Crippen LogP contribution in [0.5, 0.6) is 0 Å². The summed E-state index contributed by atoms with van der Waals surface area (Å²) < 4.78 is 48.5. The Balaban J connectivity index is 2.39. The minimum absolute atomic E-state index is 0.0442. The smallest absolute Gasteiger partial charge is 0.305 e. The Morgan fingerprint density at radius 3 is 2.56 bits per heavy atom. The van der Waals surface area contributed by atoms with E-state index >= 15 is 0 Å². The van der Waals surface area contributed by atoms with Crippen molar-refractivity contribution in [1.82, 2.24) is 10.3 Å². The molecule has 1 N–H and O–H groups in total. The van der Waals surface area contributed by atoms with Gasteiger partial charge in [0.25, 0.3) is 0 Å². The summed E-state index contributed by atoms with van der Waals surface area (Å²) in [7, 11) is 0. The largest absolute Gasteiger partial charge is 0.319 e. The number of alkyl halides is 4. The highest BCUT2D eigenvalue weighted by Crippen LogP contribution is 2.21. The molecular formula is C10H12F4N2. The van der Waals surface area contributed by atoms with Crippen molar-refractivity contribution in [2.24, 2.45) is 0 Å². The van der Waals surface area contributed by atoms with E-state index in [1.54, 1.807) is 18.3 Å². The fourth-order valence-electron chi connectivity index (χ4n) is 1.04. The first-order valence-electron chi connectivity index (χ1n) is 4.70. The predicted octanol–water partition coefficient (Wildman–Crippen LogP) is 2.38. The second kappa shape index (κ2) is 5.25.